The Bertz CT molecular complexity index is 1310. The van der Waals surface area contributed by atoms with Crippen LogP contribution in [-0.2, 0) is 28.6 Å². The van der Waals surface area contributed by atoms with E-state index in [0.29, 0.717) is 19.3 Å². The van der Waals surface area contributed by atoms with Gasteiger partial charge in [0.25, 0.3) is 0 Å². The van der Waals surface area contributed by atoms with Gasteiger partial charge in [-0.25, -0.2) is 0 Å². The zero-order chi connectivity index (χ0) is 50.7. The highest BCUT2D eigenvalue weighted by Gasteiger charge is 2.19. The molecule has 0 fully saturated rings. The fourth-order valence-corrected chi connectivity index (χ4v) is 8.40. The lowest BCUT2D eigenvalue weighted by molar-refractivity contribution is -0.167. The zero-order valence-electron chi connectivity index (χ0n) is 46.3. The fourth-order valence-electron chi connectivity index (χ4n) is 8.40. The minimum atomic E-state index is -0.793. The van der Waals surface area contributed by atoms with Gasteiger partial charge in [0, 0.05) is 19.3 Å². The summed E-state index contributed by atoms with van der Waals surface area (Å²) in [5.74, 6) is -0.923. The Balaban J connectivity index is 4.44. The molecule has 0 aliphatic carbocycles. The monoisotopic (exact) mass is 977 g/mol. The summed E-state index contributed by atoms with van der Waals surface area (Å²) in [7, 11) is 0. The van der Waals surface area contributed by atoms with Crippen LogP contribution in [0.3, 0.4) is 0 Å². The highest BCUT2D eigenvalue weighted by Crippen LogP contribution is 2.16. The van der Waals surface area contributed by atoms with Crippen LogP contribution in [0.15, 0.2) is 72.9 Å². The summed E-state index contributed by atoms with van der Waals surface area (Å²) in [5.41, 5.74) is 0. The van der Waals surface area contributed by atoms with E-state index in [1.165, 1.54) is 154 Å². The third kappa shape index (κ3) is 55.8. The third-order valence-electron chi connectivity index (χ3n) is 12.9. The van der Waals surface area contributed by atoms with Crippen molar-refractivity contribution in [2.75, 3.05) is 13.2 Å². The van der Waals surface area contributed by atoms with Crippen molar-refractivity contribution in [1.82, 2.24) is 0 Å². The maximum atomic E-state index is 12.9. The average molecular weight is 978 g/mol. The molecule has 0 rings (SSSR count). The Morgan fingerprint density at radius 3 is 0.843 bits per heavy atom. The minimum absolute atomic E-state index is 0.0910. The number of hydrogen-bond donors (Lipinski definition) is 0. The lowest BCUT2D eigenvalue weighted by atomic mass is 10.0. The first-order chi connectivity index (χ1) is 34.5. The second-order valence-corrected chi connectivity index (χ2v) is 19.9. The molecule has 0 saturated carbocycles. The van der Waals surface area contributed by atoms with E-state index >= 15 is 0 Å². The Morgan fingerprint density at radius 1 is 0.286 bits per heavy atom. The second kappa shape index (κ2) is 58.4. The standard InChI is InChI=1S/C64H112O6/c1-4-7-10-13-16-19-22-25-28-30-32-34-36-39-42-45-48-51-54-57-63(66)69-60-61(59-68-62(65)56-53-50-47-44-41-38-35-27-24-21-18-15-12-9-6-3)70-64(67)58-55-52-49-46-43-40-37-33-31-29-26-23-20-17-14-11-8-5-2/h16,18-19,21,25,27-28,32,34-35,39,42,61H,4-15,17,20,22-24,26,29-31,33,36-38,40-41,43-60H2,1-3H3/b19-16+,21-18+,28-25+,34-32+,35-27+,42-39+/t61-/m1/s1. The summed E-state index contributed by atoms with van der Waals surface area (Å²) in [6, 6.07) is 0. The van der Waals surface area contributed by atoms with E-state index in [1.807, 2.05) is 0 Å². The van der Waals surface area contributed by atoms with E-state index in [2.05, 4.69) is 93.7 Å². The molecular formula is C64H112O6. The molecule has 0 aromatic carbocycles. The van der Waals surface area contributed by atoms with Crippen molar-refractivity contribution in [3.8, 4) is 0 Å². The van der Waals surface area contributed by atoms with Gasteiger partial charge in [0.2, 0.25) is 0 Å². The van der Waals surface area contributed by atoms with E-state index < -0.39 is 6.10 Å². The van der Waals surface area contributed by atoms with Gasteiger partial charge in [-0.05, 0) is 96.3 Å². The molecular weight excluding hydrogens is 865 g/mol. The van der Waals surface area contributed by atoms with Crippen LogP contribution in [0.4, 0.5) is 0 Å². The molecule has 0 amide bonds. The molecule has 0 heterocycles. The van der Waals surface area contributed by atoms with Gasteiger partial charge in [0.05, 0.1) is 0 Å². The van der Waals surface area contributed by atoms with E-state index in [0.717, 1.165) is 103 Å². The quantitative estimate of drug-likeness (QED) is 0.0261. The highest BCUT2D eigenvalue weighted by atomic mass is 16.6. The maximum absolute atomic E-state index is 12.9. The Hall–Kier alpha value is -3.15. The van der Waals surface area contributed by atoms with Crippen molar-refractivity contribution in [3.05, 3.63) is 72.9 Å². The molecule has 0 N–H and O–H groups in total. The van der Waals surface area contributed by atoms with Gasteiger partial charge in [0.1, 0.15) is 13.2 Å². The smallest absolute Gasteiger partial charge is 0.306 e. The minimum Gasteiger partial charge on any atom is -0.462 e. The lowest BCUT2D eigenvalue weighted by Crippen LogP contribution is -2.30. The number of esters is 3. The predicted molar refractivity (Wildman–Crippen MR) is 302 cm³/mol. The summed E-state index contributed by atoms with van der Waals surface area (Å²) < 4.78 is 16.9. The van der Waals surface area contributed by atoms with E-state index in [9.17, 15) is 14.4 Å². The van der Waals surface area contributed by atoms with Crippen LogP contribution < -0.4 is 0 Å². The van der Waals surface area contributed by atoms with Crippen molar-refractivity contribution in [2.45, 2.75) is 303 Å². The van der Waals surface area contributed by atoms with Crippen LogP contribution in [0.1, 0.15) is 297 Å². The lowest BCUT2D eigenvalue weighted by Gasteiger charge is -2.18. The molecule has 0 aromatic heterocycles. The number of rotatable bonds is 54. The summed E-state index contributed by atoms with van der Waals surface area (Å²) in [5, 5.41) is 0. The van der Waals surface area contributed by atoms with Gasteiger partial charge in [-0.2, -0.15) is 0 Å². The predicted octanol–water partition coefficient (Wildman–Crippen LogP) is 20.2. The summed E-state index contributed by atoms with van der Waals surface area (Å²) in [6.07, 6.45) is 74.6. The van der Waals surface area contributed by atoms with E-state index in [-0.39, 0.29) is 31.1 Å². The molecule has 0 saturated heterocycles. The van der Waals surface area contributed by atoms with Gasteiger partial charge in [-0.15, -0.1) is 0 Å². The van der Waals surface area contributed by atoms with Gasteiger partial charge in [-0.3, -0.25) is 14.4 Å². The van der Waals surface area contributed by atoms with Crippen LogP contribution in [0.2, 0.25) is 0 Å². The van der Waals surface area contributed by atoms with Crippen LogP contribution in [0.5, 0.6) is 0 Å². The first-order valence-corrected chi connectivity index (χ1v) is 29.9. The van der Waals surface area contributed by atoms with Gasteiger partial charge in [0.15, 0.2) is 6.10 Å². The normalized spacial score (nSPS) is 12.6. The molecule has 0 aliphatic heterocycles. The van der Waals surface area contributed by atoms with Crippen molar-refractivity contribution >= 4 is 17.9 Å². The van der Waals surface area contributed by atoms with Crippen LogP contribution in [0.25, 0.3) is 0 Å². The molecule has 0 spiro atoms. The number of carbonyl (C=O) groups excluding carboxylic acids is 3. The zero-order valence-corrected chi connectivity index (χ0v) is 46.3. The fraction of sp³-hybridized carbons (Fsp3) is 0.766. The number of hydrogen-bond acceptors (Lipinski definition) is 6. The second-order valence-electron chi connectivity index (χ2n) is 19.9. The van der Waals surface area contributed by atoms with Crippen molar-refractivity contribution in [2.24, 2.45) is 0 Å². The Kier molecular flexibility index (Phi) is 55.8. The summed E-state index contributed by atoms with van der Waals surface area (Å²) in [4.78, 5) is 38.2. The van der Waals surface area contributed by atoms with Crippen LogP contribution in [-0.4, -0.2) is 37.2 Å². The Morgan fingerprint density at radius 2 is 0.514 bits per heavy atom. The van der Waals surface area contributed by atoms with Crippen molar-refractivity contribution in [1.29, 1.82) is 0 Å². The molecule has 6 heteroatoms. The molecule has 0 aliphatic rings. The van der Waals surface area contributed by atoms with Crippen LogP contribution >= 0.6 is 0 Å². The Labute approximate surface area is 433 Å². The van der Waals surface area contributed by atoms with Gasteiger partial charge >= 0.3 is 17.9 Å². The summed E-state index contributed by atoms with van der Waals surface area (Å²) in [6.45, 7) is 6.58. The molecule has 0 aromatic rings. The molecule has 1 atom stereocenters. The van der Waals surface area contributed by atoms with Gasteiger partial charge in [-0.1, -0.05) is 254 Å². The molecule has 404 valence electrons. The third-order valence-corrected chi connectivity index (χ3v) is 12.9. The maximum Gasteiger partial charge on any atom is 0.306 e. The van der Waals surface area contributed by atoms with Crippen LogP contribution in [0, 0.1) is 0 Å². The largest absolute Gasteiger partial charge is 0.462 e. The number of carbonyl (C=O) groups is 3. The molecule has 70 heavy (non-hydrogen) atoms. The number of ether oxygens (including phenoxy) is 3. The average Bonchev–Trinajstić information content (AvgIpc) is 3.36. The van der Waals surface area contributed by atoms with Gasteiger partial charge < -0.3 is 14.2 Å². The first-order valence-electron chi connectivity index (χ1n) is 29.9. The van der Waals surface area contributed by atoms with Crippen molar-refractivity contribution < 1.29 is 28.6 Å². The van der Waals surface area contributed by atoms with E-state index in [4.69, 9.17) is 14.2 Å². The summed E-state index contributed by atoms with van der Waals surface area (Å²) >= 11 is 0. The highest BCUT2D eigenvalue weighted by molar-refractivity contribution is 5.71. The number of unbranched alkanes of at least 4 members (excludes halogenated alkanes) is 31. The first kappa shape index (κ1) is 66.9. The number of allylic oxidation sites excluding steroid dienone is 12. The molecule has 0 unspecified atom stereocenters. The van der Waals surface area contributed by atoms with Crippen molar-refractivity contribution in [3.63, 3.8) is 0 Å². The molecule has 0 radical (unpaired) electrons. The topological polar surface area (TPSA) is 78.9 Å². The SMILES string of the molecule is CCCCC/C=C/C/C=C/C/C=C/C/C=C/CCCCCC(=O)OC[C@@H](COC(=O)CCCCCCC/C=C/C/C=C/CCCCC)OC(=O)CCCCCCCCCCCCCCCCCCCC. The molecule has 6 nitrogen and oxygen atoms in total. The van der Waals surface area contributed by atoms with E-state index in [1.54, 1.807) is 0 Å². The molecule has 0 bridgehead atoms.